The van der Waals surface area contributed by atoms with Crippen LogP contribution in [0, 0.1) is 0 Å². The molecule has 1 amide bonds. The van der Waals surface area contributed by atoms with Crippen LogP contribution < -0.4 is 24.2 Å². The lowest BCUT2D eigenvalue weighted by molar-refractivity contribution is -0.116. The van der Waals surface area contributed by atoms with Gasteiger partial charge in [0.2, 0.25) is 5.91 Å². The minimum absolute atomic E-state index is 0.000149. The van der Waals surface area contributed by atoms with Crippen molar-refractivity contribution in [3.8, 4) is 17.2 Å². The van der Waals surface area contributed by atoms with E-state index >= 15 is 0 Å². The minimum Gasteiger partial charge on any atom is -0.497 e. The van der Waals surface area contributed by atoms with E-state index in [0.29, 0.717) is 29.4 Å². The van der Waals surface area contributed by atoms with Crippen LogP contribution >= 0.6 is 0 Å². The van der Waals surface area contributed by atoms with Crippen molar-refractivity contribution in [2.75, 3.05) is 30.9 Å². The number of methoxy groups -OCH3 is 2. The van der Waals surface area contributed by atoms with Crippen LogP contribution in [0.15, 0.2) is 71.6 Å². The van der Waals surface area contributed by atoms with E-state index in [1.165, 1.54) is 32.4 Å². The highest BCUT2D eigenvalue weighted by molar-refractivity contribution is 7.92. The maximum atomic E-state index is 13.0. The standard InChI is InChI=1S/C26H28N2O7S/c1-4-35-22-10-5-18(6-11-22)23(29)14-16-26(30)27-20-9-15-24(34-3)25(17-20)36(31,32)28-19-7-12-21(33-2)13-8-19/h5-13,15,17,28H,4,14,16H2,1-3H3,(H,27,30). The highest BCUT2D eigenvalue weighted by atomic mass is 32.2. The lowest BCUT2D eigenvalue weighted by atomic mass is 10.1. The number of amides is 1. The van der Waals surface area contributed by atoms with Crippen molar-refractivity contribution >= 4 is 33.1 Å². The lowest BCUT2D eigenvalue weighted by Gasteiger charge is -2.14. The fraction of sp³-hybridized carbons (Fsp3) is 0.231. The maximum absolute atomic E-state index is 13.0. The van der Waals surface area contributed by atoms with Crippen LogP contribution in [-0.2, 0) is 14.8 Å². The molecule has 0 radical (unpaired) electrons. The second-order valence-electron chi connectivity index (χ2n) is 7.63. The fourth-order valence-electron chi connectivity index (χ4n) is 3.33. The molecule has 3 aromatic carbocycles. The van der Waals surface area contributed by atoms with E-state index in [0.717, 1.165) is 0 Å². The predicted molar refractivity (Wildman–Crippen MR) is 137 cm³/mol. The molecule has 0 aliphatic rings. The molecule has 0 unspecified atom stereocenters. The summed E-state index contributed by atoms with van der Waals surface area (Å²) in [7, 11) is -1.17. The lowest BCUT2D eigenvalue weighted by Crippen LogP contribution is -2.16. The molecule has 0 aromatic heterocycles. The zero-order valence-corrected chi connectivity index (χ0v) is 21.1. The number of rotatable bonds is 12. The smallest absolute Gasteiger partial charge is 0.265 e. The normalized spacial score (nSPS) is 10.9. The molecule has 10 heteroatoms. The van der Waals surface area contributed by atoms with Gasteiger partial charge in [-0.15, -0.1) is 0 Å². The van der Waals surface area contributed by atoms with Crippen LogP contribution in [0.4, 0.5) is 11.4 Å². The number of carbonyl (C=O) groups excluding carboxylic acids is 2. The van der Waals surface area contributed by atoms with Gasteiger partial charge in [-0.1, -0.05) is 0 Å². The Morgan fingerprint density at radius 2 is 1.44 bits per heavy atom. The topological polar surface area (TPSA) is 120 Å². The molecule has 190 valence electrons. The van der Waals surface area contributed by atoms with Gasteiger partial charge in [0.15, 0.2) is 5.78 Å². The molecule has 0 aliphatic carbocycles. The molecule has 2 N–H and O–H groups in total. The Balaban J connectivity index is 1.66. The number of Topliss-reactive ketones (excluding diaryl/α,β-unsaturated/α-hetero) is 1. The summed E-state index contributed by atoms with van der Waals surface area (Å²) in [6.45, 7) is 2.40. The average Bonchev–Trinajstić information content (AvgIpc) is 2.88. The third-order valence-corrected chi connectivity index (χ3v) is 6.55. The van der Waals surface area contributed by atoms with Crippen LogP contribution in [0.2, 0.25) is 0 Å². The van der Waals surface area contributed by atoms with E-state index < -0.39 is 15.9 Å². The number of benzene rings is 3. The number of ether oxygens (including phenoxy) is 3. The molecule has 0 heterocycles. The first-order valence-corrected chi connectivity index (χ1v) is 12.6. The van der Waals surface area contributed by atoms with Crippen molar-refractivity contribution < 1.29 is 32.2 Å². The largest absolute Gasteiger partial charge is 0.497 e. The molecule has 0 saturated carbocycles. The van der Waals surface area contributed by atoms with Crippen molar-refractivity contribution in [1.29, 1.82) is 0 Å². The van der Waals surface area contributed by atoms with Crippen molar-refractivity contribution in [2.45, 2.75) is 24.7 Å². The quantitative estimate of drug-likeness (QED) is 0.343. The molecular formula is C26H28N2O7S. The van der Waals surface area contributed by atoms with Crippen LogP contribution in [0.25, 0.3) is 0 Å². The van der Waals surface area contributed by atoms with Crippen LogP contribution in [-0.4, -0.2) is 40.9 Å². The molecule has 0 aliphatic heterocycles. The Labute approximate surface area is 210 Å². The monoisotopic (exact) mass is 512 g/mol. The van der Waals surface area contributed by atoms with Crippen molar-refractivity contribution in [1.82, 2.24) is 0 Å². The molecule has 0 saturated heterocycles. The van der Waals surface area contributed by atoms with Gasteiger partial charge in [-0.05, 0) is 73.7 Å². The molecule has 0 spiro atoms. The van der Waals surface area contributed by atoms with Gasteiger partial charge in [0.05, 0.1) is 20.8 Å². The fourth-order valence-corrected chi connectivity index (χ4v) is 4.59. The van der Waals surface area contributed by atoms with E-state index in [-0.39, 0.29) is 35.0 Å². The number of hydrogen-bond acceptors (Lipinski definition) is 7. The van der Waals surface area contributed by atoms with E-state index in [1.807, 2.05) is 6.92 Å². The minimum atomic E-state index is -4.03. The Hall–Kier alpha value is -4.05. The molecule has 36 heavy (non-hydrogen) atoms. The number of nitrogens with one attached hydrogen (secondary N) is 2. The molecule has 3 rings (SSSR count). The summed E-state index contributed by atoms with van der Waals surface area (Å²) in [6, 6.07) is 17.4. The third-order valence-electron chi connectivity index (χ3n) is 5.15. The highest BCUT2D eigenvalue weighted by Crippen LogP contribution is 2.29. The number of ketones is 1. The first-order valence-electron chi connectivity index (χ1n) is 11.2. The van der Waals surface area contributed by atoms with Crippen LogP contribution in [0.5, 0.6) is 17.2 Å². The Bertz CT molecular complexity index is 1310. The summed E-state index contributed by atoms with van der Waals surface area (Å²) in [5, 5.41) is 2.64. The third kappa shape index (κ3) is 6.98. The number of sulfonamides is 1. The number of hydrogen-bond donors (Lipinski definition) is 2. The summed E-state index contributed by atoms with van der Waals surface area (Å²) >= 11 is 0. The maximum Gasteiger partial charge on any atom is 0.265 e. The van der Waals surface area contributed by atoms with Gasteiger partial charge in [-0.25, -0.2) is 8.42 Å². The highest BCUT2D eigenvalue weighted by Gasteiger charge is 2.21. The Morgan fingerprint density at radius 3 is 2.06 bits per heavy atom. The second kappa shape index (κ2) is 12.1. The van der Waals surface area contributed by atoms with Gasteiger partial charge in [0.25, 0.3) is 10.0 Å². The average molecular weight is 513 g/mol. The molecule has 0 bridgehead atoms. The summed E-state index contributed by atoms with van der Waals surface area (Å²) in [4.78, 5) is 24.7. The summed E-state index contributed by atoms with van der Waals surface area (Å²) in [5.74, 6) is 0.750. The summed E-state index contributed by atoms with van der Waals surface area (Å²) in [6.07, 6.45) is -0.0651. The van der Waals surface area contributed by atoms with Crippen molar-refractivity contribution in [3.63, 3.8) is 0 Å². The van der Waals surface area contributed by atoms with Gasteiger partial charge in [0.1, 0.15) is 22.1 Å². The SMILES string of the molecule is CCOc1ccc(C(=O)CCC(=O)Nc2ccc(OC)c(S(=O)(=O)Nc3ccc(OC)cc3)c2)cc1. The van der Waals surface area contributed by atoms with E-state index in [2.05, 4.69) is 10.0 Å². The van der Waals surface area contributed by atoms with Gasteiger partial charge in [-0.3, -0.25) is 14.3 Å². The van der Waals surface area contributed by atoms with Crippen molar-refractivity contribution in [2.24, 2.45) is 0 Å². The molecule has 9 nitrogen and oxygen atoms in total. The summed E-state index contributed by atoms with van der Waals surface area (Å²) in [5.41, 5.74) is 1.07. The summed E-state index contributed by atoms with van der Waals surface area (Å²) < 4.78 is 44.2. The molecule has 0 atom stereocenters. The zero-order valence-electron chi connectivity index (χ0n) is 20.2. The number of anilines is 2. The molecule has 0 fully saturated rings. The molecule has 3 aromatic rings. The van der Waals surface area contributed by atoms with E-state index in [9.17, 15) is 18.0 Å². The molecular weight excluding hydrogens is 484 g/mol. The zero-order chi connectivity index (χ0) is 26.1. The first kappa shape index (κ1) is 26.6. The Kier molecular flexibility index (Phi) is 8.91. The van der Waals surface area contributed by atoms with Crippen LogP contribution in [0.1, 0.15) is 30.1 Å². The Morgan fingerprint density at radius 1 is 0.806 bits per heavy atom. The van der Waals surface area contributed by atoms with Gasteiger partial charge in [-0.2, -0.15) is 0 Å². The second-order valence-corrected chi connectivity index (χ2v) is 9.28. The van der Waals surface area contributed by atoms with Gasteiger partial charge >= 0.3 is 0 Å². The van der Waals surface area contributed by atoms with Gasteiger partial charge < -0.3 is 19.5 Å². The van der Waals surface area contributed by atoms with Crippen LogP contribution in [0.3, 0.4) is 0 Å². The predicted octanol–water partition coefficient (Wildman–Crippen LogP) is 4.50. The van der Waals surface area contributed by atoms with Gasteiger partial charge in [0, 0.05) is 29.8 Å². The first-order chi connectivity index (χ1) is 17.2. The van der Waals surface area contributed by atoms with E-state index in [4.69, 9.17) is 14.2 Å². The van der Waals surface area contributed by atoms with Crippen molar-refractivity contribution in [3.05, 3.63) is 72.3 Å². The number of carbonyl (C=O) groups is 2. The van der Waals surface area contributed by atoms with E-state index in [1.54, 1.807) is 48.5 Å².